The molecule has 4 aromatic rings. The third-order valence-corrected chi connectivity index (χ3v) is 9.18. The van der Waals surface area contributed by atoms with Crippen LogP contribution < -0.4 is 9.62 Å². The minimum atomic E-state index is -4.15. The van der Waals surface area contributed by atoms with E-state index in [2.05, 4.69) is 5.32 Å². The van der Waals surface area contributed by atoms with Crippen LogP contribution in [0.2, 0.25) is 0 Å². The number of amides is 2. The fourth-order valence-corrected chi connectivity index (χ4v) is 6.63. The molecule has 7 nitrogen and oxygen atoms in total. The van der Waals surface area contributed by atoms with Gasteiger partial charge in [0.1, 0.15) is 12.6 Å². The van der Waals surface area contributed by atoms with Crippen molar-refractivity contribution < 1.29 is 18.0 Å². The Hall–Kier alpha value is -4.43. The molecule has 0 saturated heterocycles. The van der Waals surface area contributed by atoms with Gasteiger partial charge in [-0.05, 0) is 69.5 Å². The molecule has 1 N–H and O–H groups in total. The second-order valence-electron chi connectivity index (χ2n) is 11.5. The zero-order valence-corrected chi connectivity index (χ0v) is 26.8. The van der Waals surface area contributed by atoms with Gasteiger partial charge in [-0.15, -0.1) is 0 Å². The summed E-state index contributed by atoms with van der Waals surface area (Å²) in [7, 11) is -4.15. The van der Waals surface area contributed by atoms with Gasteiger partial charge in [0.2, 0.25) is 11.8 Å². The number of carbonyl (C=O) groups is 2. The molecule has 0 aliphatic heterocycles. The van der Waals surface area contributed by atoms with Crippen molar-refractivity contribution in [2.45, 2.75) is 64.6 Å². The van der Waals surface area contributed by atoms with Crippen molar-refractivity contribution in [1.82, 2.24) is 10.2 Å². The highest BCUT2D eigenvalue weighted by Crippen LogP contribution is 2.28. The molecular weight excluding hydrogens is 570 g/mol. The standard InChI is InChI=1S/C36H41N3O4S/c1-26(2)37-36(41)34(23-30-12-8-6-9-13-30)38(24-31-14-10-7-11-15-31)35(40)25-39(33-21-18-28(4)22-29(33)5)44(42,43)32-19-16-27(3)17-20-32/h6-22,26,34H,23-25H2,1-5H3,(H,37,41). The number of hydrogen-bond acceptors (Lipinski definition) is 4. The number of hydrogen-bond donors (Lipinski definition) is 1. The molecule has 4 rings (SSSR count). The molecule has 0 spiro atoms. The van der Waals surface area contributed by atoms with Crippen LogP contribution in [0.15, 0.2) is 108 Å². The molecule has 1 atom stereocenters. The van der Waals surface area contributed by atoms with Crippen LogP contribution in [0.25, 0.3) is 0 Å². The second kappa shape index (κ2) is 14.4. The molecular formula is C36H41N3O4S. The van der Waals surface area contributed by atoms with Crippen LogP contribution >= 0.6 is 0 Å². The second-order valence-corrected chi connectivity index (χ2v) is 13.4. The molecule has 0 aromatic heterocycles. The lowest BCUT2D eigenvalue weighted by Gasteiger charge is -2.34. The summed E-state index contributed by atoms with van der Waals surface area (Å²) < 4.78 is 29.6. The molecule has 8 heteroatoms. The minimum Gasteiger partial charge on any atom is -0.352 e. The average Bonchev–Trinajstić information content (AvgIpc) is 2.99. The normalized spacial score (nSPS) is 12.0. The summed E-state index contributed by atoms with van der Waals surface area (Å²) in [5.41, 5.74) is 4.75. The van der Waals surface area contributed by atoms with Crippen LogP contribution in [-0.4, -0.2) is 43.8 Å². The highest BCUT2D eigenvalue weighted by Gasteiger charge is 2.35. The van der Waals surface area contributed by atoms with Crippen molar-refractivity contribution in [3.05, 3.63) is 131 Å². The van der Waals surface area contributed by atoms with Crippen LogP contribution in [0.4, 0.5) is 5.69 Å². The lowest BCUT2D eigenvalue weighted by atomic mass is 10.0. The Morgan fingerprint density at radius 2 is 1.32 bits per heavy atom. The summed E-state index contributed by atoms with van der Waals surface area (Å²) in [6.45, 7) is 9.05. The zero-order chi connectivity index (χ0) is 31.9. The lowest BCUT2D eigenvalue weighted by molar-refractivity contribution is -0.140. The monoisotopic (exact) mass is 611 g/mol. The number of aryl methyl sites for hydroxylation is 3. The Morgan fingerprint density at radius 1 is 0.750 bits per heavy atom. The number of benzene rings is 4. The van der Waals surface area contributed by atoms with Crippen molar-refractivity contribution in [3.63, 3.8) is 0 Å². The van der Waals surface area contributed by atoms with Gasteiger partial charge in [-0.3, -0.25) is 13.9 Å². The lowest BCUT2D eigenvalue weighted by Crippen LogP contribution is -2.54. The molecule has 1 unspecified atom stereocenters. The van der Waals surface area contributed by atoms with Gasteiger partial charge in [0.25, 0.3) is 10.0 Å². The third kappa shape index (κ3) is 8.14. The van der Waals surface area contributed by atoms with E-state index >= 15 is 0 Å². The molecule has 0 fully saturated rings. The summed E-state index contributed by atoms with van der Waals surface area (Å²) in [5.74, 6) is -0.781. The minimum absolute atomic E-state index is 0.0869. The van der Waals surface area contributed by atoms with Gasteiger partial charge in [-0.2, -0.15) is 0 Å². The molecule has 0 aliphatic rings. The number of nitrogens with zero attached hydrogens (tertiary/aromatic N) is 2. The van der Waals surface area contributed by atoms with Gasteiger partial charge < -0.3 is 10.2 Å². The smallest absolute Gasteiger partial charge is 0.264 e. The largest absolute Gasteiger partial charge is 0.352 e. The molecule has 0 bridgehead atoms. The predicted molar refractivity (Wildman–Crippen MR) is 176 cm³/mol. The third-order valence-electron chi connectivity index (χ3n) is 7.41. The predicted octanol–water partition coefficient (Wildman–Crippen LogP) is 5.97. The van der Waals surface area contributed by atoms with E-state index in [4.69, 9.17) is 0 Å². The Morgan fingerprint density at radius 3 is 1.89 bits per heavy atom. The van der Waals surface area contributed by atoms with Crippen molar-refractivity contribution in [2.24, 2.45) is 0 Å². The van der Waals surface area contributed by atoms with Crippen LogP contribution in [-0.2, 0) is 32.6 Å². The maximum absolute atomic E-state index is 14.5. The molecule has 0 aliphatic carbocycles. The fourth-order valence-electron chi connectivity index (χ4n) is 5.15. The van der Waals surface area contributed by atoms with Gasteiger partial charge in [-0.25, -0.2) is 8.42 Å². The number of rotatable bonds is 12. The van der Waals surface area contributed by atoms with E-state index < -0.39 is 28.5 Å². The Labute approximate surface area is 261 Å². The van der Waals surface area contributed by atoms with E-state index in [1.807, 2.05) is 107 Å². The number of anilines is 1. The summed E-state index contributed by atoms with van der Waals surface area (Å²) in [6.07, 6.45) is 0.270. The highest BCUT2D eigenvalue weighted by molar-refractivity contribution is 7.92. The Kier molecular flexibility index (Phi) is 10.6. The quantitative estimate of drug-likeness (QED) is 0.214. The van der Waals surface area contributed by atoms with Gasteiger partial charge >= 0.3 is 0 Å². The van der Waals surface area contributed by atoms with Crippen LogP contribution in [0.3, 0.4) is 0 Å². The SMILES string of the molecule is Cc1ccc(S(=O)(=O)N(CC(=O)N(Cc2ccccc2)C(Cc2ccccc2)C(=O)NC(C)C)c2ccc(C)cc2C)cc1. The van der Waals surface area contributed by atoms with Crippen LogP contribution in [0, 0.1) is 20.8 Å². The van der Waals surface area contributed by atoms with Crippen LogP contribution in [0.5, 0.6) is 0 Å². The van der Waals surface area contributed by atoms with Crippen molar-refractivity contribution in [1.29, 1.82) is 0 Å². The molecule has 4 aromatic carbocycles. The zero-order valence-electron chi connectivity index (χ0n) is 26.0. The van der Waals surface area contributed by atoms with Crippen molar-refractivity contribution in [2.75, 3.05) is 10.8 Å². The van der Waals surface area contributed by atoms with E-state index in [1.54, 1.807) is 30.3 Å². The topological polar surface area (TPSA) is 86.8 Å². The van der Waals surface area contributed by atoms with Gasteiger partial charge in [0.15, 0.2) is 0 Å². The summed E-state index contributed by atoms with van der Waals surface area (Å²) >= 11 is 0. The number of carbonyl (C=O) groups excluding carboxylic acids is 2. The van der Waals surface area contributed by atoms with Crippen molar-refractivity contribution in [3.8, 4) is 0 Å². The molecule has 230 valence electrons. The van der Waals surface area contributed by atoms with Crippen molar-refractivity contribution >= 4 is 27.5 Å². The first-order chi connectivity index (χ1) is 21.0. The molecule has 0 heterocycles. The number of nitrogens with one attached hydrogen (secondary N) is 1. The average molecular weight is 612 g/mol. The Balaban J connectivity index is 1.81. The maximum Gasteiger partial charge on any atom is 0.264 e. The highest BCUT2D eigenvalue weighted by atomic mass is 32.2. The maximum atomic E-state index is 14.5. The summed E-state index contributed by atoms with van der Waals surface area (Å²) in [4.78, 5) is 29.9. The van der Waals surface area contributed by atoms with E-state index in [9.17, 15) is 18.0 Å². The van der Waals surface area contributed by atoms with Gasteiger partial charge in [0.05, 0.1) is 10.6 Å². The fraction of sp³-hybridized carbons (Fsp3) is 0.278. The summed E-state index contributed by atoms with van der Waals surface area (Å²) in [5, 5.41) is 2.98. The van der Waals surface area contributed by atoms with Gasteiger partial charge in [0, 0.05) is 19.0 Å². The Bertz CT molecular complexity index is 1670. The molecule has 0 saturated carbocycles. The van der Waals surface area contributed by atoms with Gasteiger partial charge in [-0.1, -0.05) is 96.1 Å². The molecule has 2 amide bonds. The molecule has 0 radical (unpaired) electrons. The van der Waals surface area contributed by atoms with E-state index in [-0.39, 0.29) is 29.8 Å². The summed E-state index contributed by atoms with van der Waals surface area (Å²) in [6, 6.07) is 30.0. The first-order valence-corrected chi connectivity index (χ1v) is 16.2. The first-order valence-electron chi connectivity index (χ1n) is 14.8. The van der Waals surface area contributed by atoms with E-state index in [1.165, 1.54) is 9.21 Å². The van der Waals surface area contributed by atoms with E-state index in [0.717, 1.165) is 27.8 Å². The first kappa shape index (κ1) is 32.5. The number of sulfonamides is 1. The molecule has 44 heavy (non-hydrogen) atoms. The van der Waals surface area contributed by atoms with E-state index in [0.29, 0.717) is 5.69 Å². The van der Waals surface area contributed by atoms with Crippen LogP contribution in [0.1, 0.15) is 41.7 Å².